The first-order valence-corrected chi connectivity index (χ1v) is 10.7. The van der Waals surface area contributed by atoms with E-state index < -0.39 is 0 Å². The summed E-state index contributed by atoms with van der Waals surface area (Å²) in [7, 11) is 0. The van der Waals surface area contributed by atoms with Gasteiger partial charge in [0.25, 0.3) is 5.91 Å². The lowest BCUT2D eigenvalue weighted by atomic mass is 9.94. The zero-order chi connectivity index (χ0) is 22.1. The molecule has 0 radical (unpaired) electrons. The minimum Gasteiger partial charge on any atom is -0.345 e. The molecule has 1 atom stereocenters. The molecule has 0 saturated carbocycles. The van der Waals surface area contributed by atoms with Gasteiger partial charge < -0.3 is 5.32 Å². The Morgan fingerprint density at radius 3 is 2.23 bits per heavy atom. The van der Waals surface area contributed by atoms with Crippen LogP contribution in [0.2, 0.25) is 0 Å². The Labute approximate surface area is 184 Å². The normalized spacial score (nSPS) is 12.0. The van der Waals surface area contributed by atoms with E-state index in [1.165, 1.54) is 5.56 Å². The van der Waals surface area contributed by atoms with Gasteiger partial charge in [-0.3, -0.25) is 4.79 Å². The van der Waals surface area contributed by atoms with Gasteiger partial charge in [0.05, 0.1) is 22.8 Å². The molecule has 3 nitrogen and oxygen atoms in total. The average Bonchev–Trinajstić information content (AvgIpc) is 2.74. The van der Waals surface area contributed by atoms with Gasteiger partial charge in [0.15, 0.2) is 0 Å². The van der Waals surface area contributed by atoms with Gasteiger partial charge in [-0.25, -0.2) is 4.98 Å². The van der Waals surface area contributed by atoms with Gasteiger partial charge in [0.2, 0.25) is 0 Å². The Hall–Kier alpha value is -3.46. The number of nitrogens with one attached hydrogen (secondary N) is 1. The number of aromatic nitrogens is 1. The SMILES string of the molecule is Cc1ccc(-c2nc3c(C)cc(C)cc3c(C(=O)NC(C)c3ccccc3)c2C)cc1. The molecule has 1 unspecified atom stereocenters. The van der Waals surface area contributed by atoms with Gasteiger partial charge >= 0.3 is 0 Å². The van der Waals surface area contributed by atoms with Crippen LogP contribution in [0.1, 0.15) is 51.1 Å². The number of benzene rings is 3. The van der Waals surface area contributed by atoms with Crippen LogP contribution in [0.5, 0.6) is 0 Å². The number of hydrogen-bond donors (Lipinski definition) is 1. The van der Waals surface area contributed by atoms with Crippen molar-refractivity contribution >= 4 is 16.8 Å². The van der Waals surface area contributed by atoms with Crippen molar-refractivity contribution in [3.63, 3.8) is 0 Å². The Morgan fingerprint density at radius 2 is 1.55 bits per heavy atom. The molecule has 4 aromatic rings. The van der Waals surface area contributed by atoms with E-state index in [2.05, 4.69) is 62.5 Å². The smallest absolute Gasteiger partial charge is 0.252 e. The van der Waals surface area contributed by atoms with Gasteiger partial charge in [0.1, 0.15) is 0 Å². The highest BCUT2D eigenvalue weighted by Gasteiger charge is 2.21. The van der Waals surface area contributed by atoms with Crippen LogP contribution in [-0.2, 0) is 0 Å². The van der Waals surface area contributed by atoms with Crippen LogP contribution >= 0.6 is 0 Å². The van der Waals surface area contributed by atoms with Crippen molar-refractivity contribution in [3.05, 3.63) is 100 Å². The van der Waals surface area contributed by atoms with Crippen LogP contribution in [0.25, 0.3) is 22.2 Å². The zero-order valence-electron chi connectivity index (χ0n) is 18.8. The number of aryl methyl sites for hydroxylation is 3. The lowest BCUT2D eigenvalue weighted by Gasteiger charge is -2.19. The number of nitrogens with zero attached hydrogens (tertiary/aromatic N) is 1. The van der Waals surface area contributed by atoms with Gasteiger partial charge in [-0.2, -0.15) is 0 Å². The number of carbonyl (C=O) groups is 1. The largest absolute Gasteiger partial charge is 0.345 e. The molecule has 156 valence electrons. The molecule has 1 heterocycles. The van der Waals surface area contributed by atoms with E-state index in [4.69, 9.17) is 4.98 Å². The third-order valence-corrected chi connectivity index (χ3v) is 5.87. The summed E-state index contributed by atoms with van der Waals surface area (Å²) in [5, 5.41) is 4.11. The molecule has 1 aromatic heterocycles. The van der Waals surface area contributed by atoms with Crippen LogP contribution in [0, 0.1) is 27.7 Å². The Balaban J connectivity index is 1.88. The second kappa shape index (κ2) is 8.35. The molecule has 31 heavy (non-hydrogen) atoms. The van der Waals surface area contributed by atoms with E-state index in [9.17, 15) is 4.79 Å². The molecule has 0 aliphatic carbocycles. The molecule has 1 amide bonds. The standard InChI is InChI=1S/C28H28N2O/c1-17-11-13-23(14-12-17)27-20(4)25(24-16-18(2)15-19(3)26(24)30-27)28(31)29-21(5)22-9-7-6-8-10-22/h6-16,21H,1-5H3,(H,29,31). The van der Waals surface area contributed by atoms with Crippen molar-refractivity contribution < 1.29 is 4.79 Å². The molecule has 1 N–H and O–H groups in total. The quantitative estimate of drug-likeness (QED) is 0.412. The molecule has 0 spiro atoms. The summed E-state index contributed by atoms with van der Waals surface area (Å²) >= 11 is 0. The fourth-order valence-electron chi connectivity index (χ4n) is 4.19. The summed E-state index contributed by atoms with van der Waals surface area (Å²) in [4.78, 5) is 18.6. The molecule has 0 fully saturated rings. The van der Waals surface area contributed by atoms with Crippen molar-refractivity contribution in [1.82, 2.24) is 10.3 Å². The van der Waals surface area contributed by atoms with E-state index in [0.717, 1.165) is 44.4 Å². The third-order valence-electron chi connectivity index (χ3n) is 5.87. The maximum Gasteiger partial charge on any atom is 0.252 e. The highest BCUT2D eigenvalue weighted by Crippen LogP contribution is 2.32. The number of amides is 1. The summed E-state index contributed by atoms with van der Waals surface area (Å²) in [5.74, 6) is -0.0698. The first kappa shape index (κ1) is 20.8. The minimum absolute atomic E-state index is 0.0698. The third kappa shape index (κ3) is 4.09. The zero-order valence-corrected chi connectivity index (χ0v) is 18.8. The molecular formula is C28H28N2O. The van der Waals surface area contributed by atoms with E-state index in [1.807, 2.05) is 44.2 Å². The van der Waals surface area contributed by atoms with Gasteiger partial charge in [-0.15, -0.1) is 0 Å². The summed E-state index contributed by atoms with van der Waals surface area (Å²) in [6.45, 7) is 10.2. The van der Waals surface area contributed by atoms with E-state index >= 15 is 0 Å². The van der Waals surface area contributed by atoms with Gasteiger partial charge in [-0.05, 0) is 57.4 Å². The number of rotatable bonds is 4. The summed E-state index contributed by atoms with van der Waals surface area (Å²) in [6.07, 6.45) is 0. The maximum atomic E-state index is 13.6. The topological polar surface area (TPSA) is 42.0 Å². The molecular weight excluding hydrogens is 380 g/mol. The molecule has 0 aliphatic rings. The predicted molar refractivity (Wildman–Crippen MR) is 128 cm³/mol. The van der Waals surface area contributed by atoms with Crippen LogP contribution in [0.15, 0.2) is 66.7 Å². The maximum absolute atomic E-state index is 13.6. The fraction of sp³-hybridized carbons (Fsp3) is 0.214. The summed E-state index contributed by atoms with van der Waals surface area (Å²) in [6, 6.07) is 22.5. The summed E-state index contributed by atoms with van der Waals surface area (Å²) < 4.78 is 0. The van der Waals surface area contributed by atoms with Gasteiger partial charge in [0, 0.05) is 10.9 Å². The van der Waals surface area contributed by atoms with Gasteiger partial charge in [-0.1, -0.05) is 71.8 Å². The van der Waals surface area contributed by atoms with E-state index in [-0.39, 0.29) is 11.9 Å². The Bertz CT molecular complexity index is 1260. The Morgan fingerprint density at radius 1 is 0.871 bits per heavy atom. The number of hydrogen-bond acceptors (Lipinski definition) is 2. The predicted octanol–water partition coefficient (Wildman–Crippen LogP) is 6.63. The highest BCUT2D eigenvalue weighted by atomic mass is 16.1. The van der Waals surface area contributed by atoms with Crippen molar-refractivity contribution in [1.29, 1.82) is 0 Å². The van der Waals surface area contributed by atoms with Crippen LogP contribution in [0.4, 0.5) is 0 Å². The lowest BCUT2D eigenvalue weighted by Crippen LogP contribution is -2.28. The average molecular weight is 409 g/mol. The molecule has 3 aromatic carbocycles. The monoisotopic (exact) mass is 408 g/mol. The van der Waals surface area contributed by atoms with Crippen LogP contribution < -0.4 is 5.32 Å². The van der Waals surface area contributed by atoms with Crippen molar-refractivity contribution in [3.8, 4) is 11.3 Å². The molecule has 3 heteroatoms. The van der Waals surface area contributed by atoms with Crippen LogP contribution in [-0.4, -0.2) is 10.9 Å². The summed E-state index contributed by atoms with van der Waals surface area (Å²) in [5.41, 5.74) is 8.85. The Kier molecular flexibility index (Phi) is 5.60. The fourth-order valence-corrected chi connectivity index (χ4v) is 4.19. The van der Waals surface area contributed by atoms with E-state index in [1.54, 1.807) is 0 Å². The lowest BCUT2D eigenvalue weighted by molar-refractivity contribution is 0.0941. The number of carbonyl (C=O) groups excluding carboxylic acids is 1. The molecule has 0 saturated heterocycles. The molecule has 0 bridgehead atoms. The van der Waals surface area contributed by atoms with Crippen molar-refractivity contribution in [2.24, 2.45) is 0 Å². The second-order valence-electron chi connectivity index (χ2n) is 8.41. The number of fused-ring (bicyclic) bond motifs is 1. The minimum atomic E-state index is -0.0925. The highest BCUT2D eigenvalue weighted by molar-refractivity contribution is 6.09. The van der Waals surface area contributed by atoms with Crippen molar-refractivity contribution in [2.75, 3.05) is 0 Å². The van der Waals surface area contributed by atoms with Crippen LogP contribution in [0.3, 0.4) is 0 Å². The molecule has 0 aliphatic heterocycles. The van der Waals surface area contributed by atoms with E-state index in [0.29, 0.717) is 5.56 Å². The number of pyridine rings is 1. The van der Waals surface area contributed by atoms with Crippen molar-refractivity contribution in [2.45, 2.75) is 40.7 Å². The second-order valence-corrected chi connectivity index (χ2v) is 8.41. The molecule has 4 rings (SSSR count). The first-order valence-electron chi connectivity index (χ1n) is 10.7. The first-order chi connectivity index (χ1) is 14.8.